The minimum Gasteiger partial charge on any atom is -0.377 e. The molecule has 0 aliphatic heterocycles. The number of hydrogen-bond donors (Lipinski definition) is 1. The summed E-state index contributed by atoms with van der Waals surface area (Å²) in [6, 6.07) is -0.414. The maximum absolute atomic E-state index is 10.8. The van der Waals surface area contributed by atoms with Crippen LogP contribution in [0.1, 0.15) is 13.8 Å². The van der Waals surface area contributed by atoms with Crippen LogP contribution in [0.5, 0.6) is 0 Å². The number of nitrogens with two attached hydrogens (primary N) is 1. The number of rotatable bonds is 5. The van der Waals surface area contributed by atoms with Gasteiger partial charge in [0, 0.05) is 12.3 Å². The van der Waals surface area contributed by atoms with Crippen LogP contribution in [-0.4, -0.2) is 39.2 Å². The summed E-state index contributed by atoms with van der Waals surface area (Å²) in [5.74, 6) is -0.0142. The summed E-state index contributed by atoms with van der Waals surface area (Å²) < 4.78 is 26.7. The van der Waals surface area contributed by atoms with Gasteiger partial charge in [0.25, 0.3) is 0 Å². The third-order valence-electron chi connectivity index (χ3n) is 1.16. The van der Waals surface area contributed by atoms with Crippen LogP contribution in [0.15, 0.2) is 0 Å². The maximum Gasteiger partial charge on any atom is 0.149 e. The van der Waals surface area contributed by atoms with E-state index in [1.54, 1.807) is 0 Å². The van der Waals surface area contributed by atoms with Gasteiger partial charge in [-0.05, 0) is 13.8 Å². The predicted molar refractivity (Wildman–Crippen MR) is 48.8 cm³/mol. The van der Waals surface area contributed by atoms with E-state index in [-0.39, 0.29) is 11.9 Å². The molecule has 0 amide bonds. The molecule has 0 saturated heterocycles. The van der Waals surface area contributed by atoms with Crippen molar-refractivity contribution in [2.24, 2.45) is 5.73 Å². The van der Waals surface area contributed by atoms with Crippen molar-refractivity contribution in [2.45, 2.75) is 26.0 Å². The Hall–Kier alpha value is -0.130. The highest BCUT2D eigenvalue weighted by Crippen LogP contribution is 1.93. The molecule has 0 saturated carbocycles. The summed E-state index contributed by atoms with van der Waals surface area (Å²) in [4.78, 5) is 0. The van der Waals surface area contributed by atoms with Gasteiger partial charge in [-0.3, -0.25) is 0 Å². The molecule has 1 unspecified atom stereocenters. The average Bonchev–Trinajstić information content (AvgIpc) is 1.79. The molecule has 2 N–H and O–H groups in total. The second kappa shape index (κ2) is 4.79. The maximum atomic E-state index is 10.8. The van der Waals surface area contributed by atoms with Crippen molar-refractivity contribution in [3.05, 3.63) is 0 Å². The van der Waals surface area contributed by atoms with Crippen LogP contribution in [0.25, 0.3) is 0 Å². The smallest absolute Gasteiger partial charge is 0.149 e. The van der Waals surface area contributed by atoms with Crippen LogP contribution in [0.4, 0.5) is 0 Å². The lowest BCUT2D eigenvalue weighted by atomic mass is 10.4. The second-order valence-electron chi connectivity index (χ2n) is 3.23. The molecule has 74 valence electrons. The highest BCUT2D eigenvalue weighted by atomic mass is 32.2. The van der Waals surface area contributed by atoms with Crippen LogP contribution in [0.2, 0.25) is 0 Å². The molecule has 5 heteroatoms. The van der Waals surface area contributed by atoms with Gasteiger partial charge in [0.2, 0.25) is 0 Å². The summed E-state index contributed by atoms with van der Waals surface area (Å²) >= 11 is 0. The Bertz CT molecular complexity index is 211. The van der Waals surface area contributed by atoms with E-state index in [4.69, 9.17) is 10.5 Å². The van der Waals surface area contributed by atoms with Gasteiger partial charge in [0.1, 0.15) is 9.84 Å². The standard InChI is InChI=1S/C7H17NO3S/c1-6(2)11-4-7(8)5-12(3,9)10/h6-7H,4-5,8H2,1-3H3. The molecular formula is C7H17NO3S. The Labute approximate surface area is 74.0 Å². The third-order valence-corrected chi connectivity index (χ3v) is 2.19. The van der Waals surface area contributed by atoms with Crippen LogP contribution in [0, 0.1) is 0 Å². The van der Waals surface area contributed by atoms with E-state index < -0.39 is 15.9 Å². The molecule has 0 aliphatic rings. The molecule has 0 spiro atoms. The zero-order valence-corrected chi connectivity index (χ0v) is 8.60. The van der Waals surface area contributed by atoms with E-state index in [0.717, 1.165) is 0 Å². The first kappa shape index (κ1) is 11.9. The van der Waals surface area contributed by atoms with E-state index in [9.17, 15) is 8.42 Å². The lowest BCUT2D eigenvalue weighted by molar-refractivity contribution is 0.0717. The summed E-state index contributed by atoms with van der Waals surface area (Å²) in [6.45, 7) is 4.06. The molecule has 4 nitrogen and oxygen atoms in total. The SMILES string of the molecule is CC(C)OCC(N)CS(C)(=O)=O. The summed E-state index contributed by atoms with van der Waals surface area (Å²) in [5, 5.41) is 0. The molecule has 12 heavy (non-hydrogen) atoms. The fourth-order valence-corrected chi connectivity index (χ4v) is 1.63. The molecule has 0 rings (SSSR count). The van der Waals surface area contributed by atoms with Crippen molar-refractivity contribution in [3.8, 4) is 0 Å². The minimum absolute atomic E-state index is 0.0142. The highest BCUT2D eigenvalue weighted by Gasteiger charge is 2.11. The predicted octanol–water partition coefficient (Wildman–Crippen LogP) is -0.217. The molecule has 0 aromatic carbocycles. The van der Waals surface area contributed by atoms with Crippen molar-refractivity contribution in [2.75, 3.05) is 18.6 Å². The van der Waals surface area contributed by atoms with Gasteiger partial charge in [-0.1, -0.05) is 0 Å². The van der Waals surface area contributed by atoms with E-state index in [0.29, 0.717) is 6.61 Å². The second-order valence-corrected chi connectivity index (χ2v) is 5.42. The number of ether oxygens (including phenoxy) is 1. The van der Waals surface area contributed by atoms with Crippen molar-refractivity contribution in [1.82, 2.24) is 0 Å². The fraction of sp³-hybridized carbons (Fsp3) is 1.00. The molecule has 0 aromatic heterocycles. The lowest BCUT2D eigenvalue weighted by Gasteiger charge is -2.12. The monoisotopic (exact) mass is 195 g/mol. The Kier molecular flexibility index (Phi) is 4.74. The van der Waals surface area contributed by atoms with Gasteiger partial charge >= 0.3 is 0 Å². The molecule has 0 aromatic rings. The van der Waals surface area contributed by atoms with Gasteiger partial charge in [-0.2, -0.15) is 0 Å². The van der Waals surface area contributed by atoms with Gasteiger partial charge in [0.05, 0.1) is 18.5 Å². The third kappa shape index (κ3) is 7.97. The van der Waals surface area contributed by atoms with E-state index in [1.165, 1.54) is 6.26 Å². The zero-order valence-electron chi connectivity index (χ0n) is 7.78. The normalized spacial score (nSPS) is 15.1. The van der Waals surface area contributed by atoms with E-state index in [2.05, 4.69) is 0 Å². The highest BCUT2D eigenvalue weighted by molar-refractivity contribution is 7.90. The first-order chi connectivity index (χ1) is 5.31. The Morgan fingerprint density at radius 1 is 1.42 bits per heavy atom. The fourth-order valence-electron chi connectivity index (χ4n) is 0.753. The molecule has 0 heterocycles. The van der Waals surface area contributed by atoms with Crippen molar-refractivity contribution < 1.29 is 13.2 Å². The number of sulfone groups is 1. The first-order valence-corrected chi connectivity index (χ1v) is 5.92. The van der Waals surface area contributed by atoms with Crippen molar-refractivity contribution in [3.63, 3.8) is 0 Å². The summed E-state index contributed by atoms with van der Waals surface area (Å²) in [6.07, 6.45) is 1.26. The largest absolute Gasteiger partial charge is 0.377 e. The van der Waals surface area contributed by atoms with Gasteiger partial charge in [-0.15, -0.1) is 0 Å². The average molecular weight is 195 g/mol. The molecule has 0 bridgehead atoms. The minimum atomic E-state index is -2.98. The molecular weight excluding hydrogens is 178 g/mol. The molecule has 0 fully saturated rings. The molecule has 1 atom stereocenters. The van der Waals surface area contributed by atoms with Crippen molar-refractivity contribution >= 4 is 9.84 Å². The molecule has 0 radical (unpaired) electrons. The Morgan fingerprint density at radius 3 is 2.25 bits per heavy atom. The van der Waals surface area contributed by atoms with Crippen LogP contribution < -0.4 is 5.73 Å². The van der Waals surface area contributed by atoms with Gasteiger partial charge in [0.15, 0.2) is 0 Å². The Morgan fingerprint density at radius 2 is 1.92 bits per heavy atom. The quantitative estimate of drug-likeness (QED) is 0.658. The molecule has 0 aliphatic carbocycles. The topological polar surface area (TPSA) is 69.4 Å². The Balaban J connectivity index is 3.68. The summed E-state index contributed by atoms with van der Waals surface area (Å²) in [5.41, 5.74) is 5.50. The van der Waals surface area contributed by atoms with Crippen LogP contribution in [0.3, 0.4) is 0 Å². The number of hydrogen-bond acceptors (Lipinski definition) is 4. The van der Waals surface area contributed by atoms with Crippen LogP contribution in [-0.2, 0) is 14.6 Å². The van der Waals surface area contributed by atoms with E-state index >= 15 is 0 Å². The van der Waals surface area contributed by atoms with Crippen molar-refractivity contribution in [1.29, 1.82) is 0 Å². The zero-order chi connectivity index (χ0) is 9.78. The van der Waals surface area contributed by atoms with Gasteiger partial charge in [-0.25, -0.2) is 8.42 Å². The summed E-state index contributed by atoms with van der Waals surface area (Å²) in [7, 11) is -2.98. The van der Waals surface area contributed by atoms with Crippen LogP contribution >= 0.6 is 0 Å². The van der Waals surface area contributed by atoms with E-state index in [1.807, 2.05) is 13.8 Å². The van der Waals surface area contributed by atoms with Gasteiger partial charge < -0.3 is 10.5 Å². The first-order valence-electron chi connectivity index (χ1n) is 3.86. The lowest BCUT2D eigenvalue weighted by Crippen LogP contribution is -2.34.